The number of ether oxygens (including phenoxy) is 1. The molecule has 1 atom stereocenters. The topological polar surface area (TPSA) is 41.5 Å². The van der Waals surface area contributed by atoms with Crippen molar-refractivity contribution < 1.29 is 13.5 Å². The van der Waals surface area contributed by atoms with E-state index in [1.165, 1.54) is 0 Å². The lowest BCUT2D eigenvalue weighted by molar-refractivity contribution is -0.0508. The highest BCUT2D eigenvalue weighted by atomic mass is 19.3. The number of likely N-dealkylation sites (tertiary alicyclic amines) is 1. The van der Waals surface area contributed by atoms with Gasteiger partial charge in [-0.05, 0) is 38.4 Å². The van der Waals surface area contributed by atoms with Gasteiger partial charge in [-0.2, -0.15) is 8.78 Å². The van der Waals surface area contributed by atoms with Crippen LogP contribution in [-0.4, -0.2) is 47.7 Å². The van der Waals surface area contributed by atoms with Crippen molar-refractivity contribution in [2.24, 2.45) is 0 Å². The van der Waals surface area contributed by atoms with Crippen LogP contribution in [0.2, 0.25) is 0 Å². The second-order valence-electron chi connectivity index (χ2n) is 6.63. The zero-order chi connectivity index (χ0) is 18.5. The molecule has 0 spiro atoms. The highest BCUT2D eigenvalue weighted by Crippen LogP contribution is 2.25. The molecule has 0 aliphatic carbocycles. The van der Waals surface area contributed by atoms with Gasteiger partial charge in [0.15, 0.2) is 0 Å². The van der Waals surface area contributed by atoms with E-state index in [0.717, 1.165) is 43.1 Å². The summed E-state index contributed by atoms with van der Waals surface area (Å²) in [4.78, 5) is 13.2. The van der Waals surface area contributed by atoms with Gasteiger partial charge in [-0.3, -0.25) is 4.90 Å². The minimum Gasteiger partial charge on any atom is -0.434 e. The molecule has 1 aliphatic rings. The Kier molecular flexibility index (Phi) is 5.98. The Morgan fingerprint density at radius 3 is 2.88 bits per heavy atom. The molecule has 1 aromatic carbocycles. The summed E-state index contributed by atoms with van der Waals surface area (Å²) in [6, 6.07) is 9.16. The van der Waals surface area contributed by atoms with Crippen molar-refractivity contribution in [3.05, 3.63) is 47.8 Å². The lowest BCUT2D eigenvalue weighted by Crippen LogP contribution is -2.46. The number of anilines is 1. The fraction of sp³-hybridized carbons (Fsp3) is 0.474. The first kappa shape index (κ1) is 18.5. The quantitative estimate of drug-likeness (QED) is 0.787. The van der Waals surface area contributed by atoms with Gasteiger partial charge in [0.05, 0.1) is 0 Å². The average molecular weight is 362 g/mol. The minimum absolute atomic E-state index is 0.250. The molecule has 3 rings (SSSR count). The number of halogens is 2. The largest absolute Gasteiger partial charge is 0.434 e. The number of alkyl halides is 2. The summed E-state index contributed by atoms with van der Waals surface area (Å²) >= 11 is 0. The van der Waals surface area contributed by atoms with Crippen LogP contribution >= 0.6 is 0 Å². The van der Waals surface area contributed by atoms with Gasteiger partial charge in [-0.15, -0.1) is 0 Å². The third kappa shape index (κ3) is 4.66. The molecule has 1 fully saturated rings. The molecule has 0 bridgehead atoms. The van der Waals surface area contributed by atoms with Crippen molar-refractivity contribution in [2.45, 2.75) is 39.0 Å². The maximum absolute atomic E-state index is 12.6. The van der Waals surface area contributed by atoms with Gasteiger partial charge in [0.1, 0.15) is 5.75 Å². The summed E-state index contributed by atoms with van der Waals surface area (Å²) in [5.41, 5.74) is 1.72. The molecule has 26 heavy (non-hydrogen) atoms. The van der Waals surface area contributed by atoms with E-state index in [2.05, 4.69) is 24.5 Å². The van der Waals surface area contributed by atoms with Gasteiger partial charge < -0.3 is 9.64 Å². The van der Waals surface area contributed by atoms with Crippen molar-refractivity contribution in [1.29, 1.82) is 0 Å². The van der Waals surface area contributed by atoms with Crippen LogP contribution in [0.3, 0.4) is 0 Å². The summed E-state index contributed by atoms with van der Waals surface area (Å²) in [5, 5.41) is 0. The van der Waals surface area contributed by atoms with Crippen molar-refractivity contribution in [3.63, 3.8) is 0 Å². The highest BCUT2D eigenvalue weighted by Gasteiger charge is 2.25. The smallest absolute Gasteiger partial charge is 0.387 e. The van der Waals surface area contributed by atoms with Gasteiger partial charge in [-0.25, -0.2) is 9.97 Å². The van der Waals surface area contributed by atoms with Crippen LogP contribution in [0, 0.1) is 6.92 Å². The molecule has 7 heteroatoms. The van der Waals surface area contributed by atoms with Crippen LogP contribution in [0.1, 0.15) is 24.1 Å². The van der Waals surface area contributed by atoms with Crippen molar-refractivity contribution >= 4 is 5.95 Å². The van der Waals surface area contributed by atoms with Crippen LogP contribution in [-0.2, 0) is 6.54 Å². The highest BCUT2D eigenvalue weighted by molar-refractivity contribution is 5.34. The Morgan fingerprint density at radius 1 is 1.31 bits per heavy atom. The summed E-state index contributed by atoms with van der Waals surface area (Å²) in [5.74, 6) is 0.971. The standard InChI is InChI=1S/C19H24F2N4O/c1-14-9-10-22-19(23-14)24(2)16-7-5-11-25(13-16)12-15-6-3-4-8-17(15)26-18(20)21/h3-4,6,8-10,16,18H,5,7,11-13H2,1-2H3. The molecule has 0 radical (unpaired) electrons. The SMILES string of the molecule is Cc1ccnc(N(C)C2CCCN(Cc3ccccc3OC(F)F)C2)n1. The molecule has 1 saturated heterocycles. The van der Waals surface area contributed by atoms with Crippen LogP contribution < -0.4 is 9.64 Å². The molecule has 0 saturated carbocycles. The van der Waals surface area contributed by atoms with Crippen LogP contribution in [0.15, 0.2) is 36.5 Å². The van der Waals surface area contributed by atoms with Gasteiger partial charge in [0.25, 0.3) is 0 Å². The molecule has 1 aromatic heterocycles. The molecular formula is C19H24F2N4O. The Labute approximate surface area is 152 Å². The summed E-state index contributed by atoms with van der Waals surface area (Å²) in [7, 11) is 2.01. The average Bonchev–Trinajstić information content (AvgIpc) is 2.62. The summed E-state index contributed by atoms with van der Waals surface area (Å²) < 4.78 is 29.9. The lowest BCUT2D eigenvalue weighted by atomic mass is 10.0. The van der Waals surface area contributed by atoms with Crippen LogP contribution in [0.4, 0.5) is 14.7 Å². The van der Waals surface area contributed by atoms with Crippen LogP contribution in [0.25, 0.3) is 0 Å². The third-order valence-corrected chi connectivity index (χ3v) is 4.71. The first-order valence-corrected chi connectivity index (χ1v) is 8.80. The van der Waals surface area contributed by atoms with Crippen molar-refractivity contribution in [2.75, 3.05) is 25.0 Å². The molecular weight excluding hydrogens is 338 g/mol. The number of benzene rings is 1. The van der Waals surface area contributed by atoms with E-state index in [1.807, 2.05) is 32.2 Å². The van der Waals surface area contributed by atoms with E-state index >= 15 is 0 Å². The van der Waals surface area contributed by atoms with Crippen LogP contribution in [0.5, 0.6) is 5.75 Å². The number of likely N-dealkylation sites (N-methyl/N-ethyl adjacent to an activating group) is 1. The normalized spacial score (nSPS) is 18.1. The number of hydrogen-bond donors (Lipinski definition) is 0. The Hall–Kier alpha value is -2.28. The van der Waals surface area contributed by atoms with Gasteiger partial charge in [0, 0.05) is 43.6 Å². The summed E-state index contributed by atoms with van der Waals surface area (Å²) in [6.45, 7) is 1.49. The fourth-order valence-electron chi connectivity index (χ4n) is 3.35. The zero-order valence-electron chi connectivity index (χ0n) is 15.1. The van der Waals surface area contributed by atoms with Gasteiger partial charge in [0.2, 0.25) is 5.95 Å². The number of rotatable bonds is 6. The molecule has 0 amide bonds. The molecule has 140 valence electrons. The number of para-hydroxylation sites is 1. The predicted molar refractivity (Wildman–Crippen MR) is 96.5 cm³/mol. The second-order valence-corrected chi connectivity index (χ2v) is 6.63. The van der Waals surface area contributed by atoms with E-state index in [-0.39, 0.29) is 11.8 Å². The maximum atomic E-state index is 12.6. The Bertz CT molecular complexity index is 728. The van der Waals surface area contributed by atoms with E-state index < -0.39 is 6.61 Å². The fourth-order valence-corrected chi connectivity index (χ4v) is 3.35. The number of aromatic nitrogens is 2. The van der Waals surface area contributed by atoms with E-state index in [9.17, 15) is 8.78 Å². The molecule has 2 aromatic rings. The zero-order valence-corrected chi connectivity index (χ0v) is 15.1. The molecule has 1 unspecified atom stereocenters. The lowest BCUT2D eigenvalue weighted by Gasteiger charge is -2.37. The molecule has 2 heterocycles. The van der Waals surface area contributed by atoms with Crippen molar-refractivity contribution in [3.8, 4) is 5.75 Å². The van der Waals surface area contributed by atoms with Gasteiger partial charge in [-0.1, -0.05) is 18.2 Å². The first-order chi connectivity index (χ1) is 12.5. The van der Waals surface area contributed by atoms with E-state index in [4.69, 9.17) is 0 Å². The minimum atomic E-state index is -2.81. The summed E-state index contributed by atoms with van der Waals surface area (Å²) in [6.07, 6.45) is 3.87. The third-order valence-electron chi connectivity index (χ3n) is 4.71. The number of piperidine rings is 1. The molecule has 5 nitrogen and oxygen atoms in total. The van der Waals surface area contributed by atoms with E-state index in [1.54, 1.807) is 18.3 Å². The maximum Gasteiger partial charge on any atom is 0.387 e. The van der Waals surface area contributed by atoms with Gasteiger partial charge >= 0.3 is 6.61 Å². The van der Waals surface area contributed by atoms with E-state index in [0.29, 0.717) is 6.54 Å². The monoisotopic (exact) mass is 362 g/mol. The molecule has 1 aliphatic heterocycles. The Morgan fingerprint density at radius 2 is 2.12 bits per heavy atom. The number of hydrogen-bond acceptors (Lipinski definition) is 5. The van der Waals surface area contributed by atoms with Crippen molar-refractivity contribution in [1.82, 2.24) is 14.9 Å². The molecule has 0 N–H and O–H groups in total. The predicted octanol–water partition coefficient (Wildman–Crippen LogP) is 3.49. The second kappa shape index (κ2) is 8.40. The Balaban J connectivity index is 1.67. The number of aryl methyl sites for hydroxylation is 1. The first-order valence-electron chi connectivity index (χ1n) is 8.80. The number of nitrogens with zero attached hydrogens (tertiary/aromatic N) is 4.